The van der Waals surface area contributed by atoms with E-state index in [0.717, 1.165) is 0 Å². The van der Waals surface area contributed by atoms with Crippen molar-refractivity contribution in [3.63, 3.8) is 0 Å². The number of rotatable bonds is 6. The predicted octanol–water partition coefficient (Wildman–Crippen LogP) is 2.42. The number of hydrogen-bond donors (Lipinski definition) is 2. The number of ether oxygens (including phenoxy) is 2. The smallest absolute Gasteiger partial charge is 0.224 e. The largest absolute Gasteiger partial charge is 0.493 e. The van der Waals surface area contributed by atoms with Gasteiger partial charge >= 0.3 is 0 Å². The van der Waals surface area contributed by atoms with E-state index in [1.165, 1.54) is 14.2 Å². The molecule has 0 aliphatic heterocycles. The summed E-state index contributed by atoms with van der Waals surface area (Å²) in [7, 11) is 3.04. The number of hydrogen-bond acceptors (Lipinski definition) is 4. The van der Waals surface area contributed by atoms with Crippen LogP contribution in [-0.4, -0.2) is 26.2 Å². The van der Waals surface area contributed by atoms with Crippen LogP contribution in [0.15, 0.2) is 12.1 Å². The van der Waals surface area contributed by atoms with Gasteiger partial charge in [0.25, 0.3) is 0 Å². The third kappa shape index (κ3) is 4.61. The first-order chi connectivity index (χ1) is 8.97. The van der Waals surface area contributed by atoms with Gasteiger partial charge in [-0.25, -0.2) is 0 Å². The lowest BCUT2D eigenvalue weighted by atomic mass is 10.2. The maximum absolute atomic E-state index is 11.7. The van der Waals surface area contributed by atoms with Crippen LogP contribution >= 0.6 is 11.6 Å². The molecule has 1 aromatic carbocycles. The van der Waals surface area contributed by atoms with Gasteiger partial charge in [0.05, 0.1) is 24.9 Å². The monoisotopic (exact) mass is 286 g/mol. The number of nitrogens with one attached hydrogen (secondary N) is 1. The van der Waals surface area contributed by atoms with E-state index in [0.29, 0.717) is 35.1 Å². The molecule has 0 aromatic heterocycles. The van der Waals surface area contributed by atoms with Gasteiger partial charge in [0.2, 0.25) is 5.91 Å². The first-order valence-electron chi connectivity index (χ1n) is 5.95. The average molecular weight is 287 g/mol. The van der Waals surface area contributed by atoms with Gasteiger partial charge in [-0.3, -0.25) is 4.79 Å². The summed E-state index contributed by atoms with van der Waals surface area (Å²) < 4.78 is 10.3. The molecule has 6 heteroatoms. The zero-order chi connectivity index (χ0) is 14.4. The molecule has 0 radical (unpaired) electrons. The van der Waals surface area contributed by atoms with Crippen LogP contribution < -0.4 is 20.5 Å². The molecule has 1 amide bonds. The van der Waals surface area contributed by atoms with Crippen molar-refractivity contribution in [2.75, 3.05) is 19.5 Å². The Labute approximate surface area is 118 Å². The molecule has 3 N–H and O–H groups in total. The summed E-state index contributed by atoms with van der Waals surface area (Å²) in [5.41, 5.74) is 6.10. The minimum absolute atomic E-state index is 0.00775. The molecule has 0 saturated heterocycles. The summed E-state index contributed by atoms with van der Waals surface area (Å²) >= 11 is 6.07. The van der Waals surface area contributed by atoms with E-state index in [4.69, 9.17) is 26.8 Å². The zero-order valence-corrected chi connectivity index (χ0v) is 12.1. The van der Waals surface area contributed by atoms with Crippen LogP contribution in [0.25, 0.3) is 0 Å². The summed E-state index contributed by atoms with van der Waals surface area (Å²) in [6.45, 7) is 1.86. The van der Waals surface area contributed by atoms with E-state index in [1.54, 1.807) is 12.1 Å². The number of halogens is 1. The minimum Gasteiger partial charge on any atom is -0.493 e. The van der Waals surface area contributed by atoms with E-state index in [9.17, 15) is 4.79 Å². The summed E-state index contributed by atoms with van der Waals surface area (Å²) in [5.74, 6) is 0.891. The highest BCUT2D eigenvalue weighted by molar-refractivity contribution is 6.34. The number of carbonyl (C=O) groups is 1. The third-order valence-electron chi connectivity index (χ3n) is 2.57. The quantitative estimate of drug-likeness (QED) is 0.842. The first kappa shape index (κ1) is 15.6. The Kier molecular flexibility index (Phi) is 5.92. The number of nitrogens with two attached hydrogens (primary N) is 1. The molecule has 0 spiro atoms. The Morgan fingerprint density at radius 3 is 2.47 bits per heavy atom. The van der Waals surface area contributed by atoms with Crippen LogP contribution in [0.1, 0.15) is 19.8 Å². The fourth-order valence-electron chi connectivity index (χ4n) is 1.52. The summed E-state index contributed by atoms with van der Waals surface area (Å²) in [4.78, 5) is 11.7. The second kappa shape index (κ2) is 7.21. The van der Waals surface area contributed by atoms with Crippen molar-refractivity contribution in [2.24, 2.45) is 5.73 Å². The highest BCUT2D eigenvalue weighted by Crippen LogP contribution is 2.36. The van der Waals surface area contributed by atoms with Crippen molar-refractivity contribution in [1.82, 2.24) is 0 Å². The van der Waals surface area contributed by atoms with E-state index in [2.05, 4.69) is 5.32 Å². The fourth-order valence-corrected chi connectivity index (χ4v) is 1.72. The van der Waals surface area contributed by atoms with Crippen LogP contribution in [0, 0.1) is 0 Å². The molecule has 0 heterocycles. The second-order valence-corrected chi connectivity index (χ2v) is 4.66. The maximum Gasteiger partial charge on any atom is 0.224 e. The molecule has 19 heavy (non-hydrogen) atoms. The molecule has 1 unspecified atom stereocenters. The minimum atomic E-state index is -0.133. The molecule has 0 fully saturated rings. The lowest BCUT2D eigenvalue weighted by Crippen LogP contribution is -2.19. The number of amides is 1. The molecule has 0 saturated carbocycles. The van der Waals surface area contributed by atoms with Gasteiger partial charge in [0.15, 0.2) is 11.5 Å². The highest BCUT2D eigenvalue weighted by Gasteiger charge is 2.12. The standard InChI is InChI=1S/C13H19ClN2O3/c1-8(15)4-5-13(17)16-10-7-12(19-3)11(18-2)6-9(10)14/h6-8H,4-5,15H2,1-3H3,(H,16,17). The molecule has 0 aliphatic rings. The van der Waals surface area contributed by atoms with Gasteiger partial charge in [0, 0.05) is 24.6 Å². The third-order valence-corrected chi connectivity index (χ3v) is 2.89. The normalized spacial score (nSPS) is 11.8. The van der Waals surface area contributed by atoms with Crippen molar-refractivity contribution >= 4 is 23.2 Å². The van der Waals surface area contributed by atoms with Crippen LogP contribution in [0.3, 0.4) is 0 Å². The highest BCUT2D eigenvalue weighted by atomic mass is 35.5. The number of methoxy groups -OCH3 is 2. The van der Waals surface area contributed by atoms with Crippen LogP contribution in [0.4, 0.5) is 5.69 Å². The molecule has 1 atom stereocenters. The van der Waals surface area contributed by atoms with E-state index < -0.39 is 0 Å². The van der Waals surface area contributed by atoms with Gasteiger partial charge in [-0.2, -0.15) is 0 Å². The van der Waals surface area contributed by atoms with Crippen molar-refractivity contribution < 1.29 is 14.3 Å². The van der Waals surface area contributed by atoms with E-state index >= 15 is 0 Å². The van der Waals surface area contributed by atoms with Crippen molar-refractivity contribution in [3.8, 4) is 11.5 Å². The molecule has 106 valence electrons. The van der Waals surface area contributed by atoms with Gasteiger partial charge in [-0.1, -0.05) is 11.6 Å². The molecule has 1 aromatic rings. The van der Waals surface area contributed by atoms with Gasteiger partial charge in [-0.05, 0) is 13.3 Å². The predicted molar refractivity (Wildman–Crippen MR) is 76.1 cm³/mol. The average Bonchev–Trinajstić information content (AvgIpc) is 2.38. The van der Waals surface area contributed by atoms with Gasteiger partial charge in [-0.15, -0.1) is 0 Å². The van der Waals surface area contributed by atoms with Gasteiger partial charge < -0.3 is 20.5 Å². The number of carbonyl (C=O) groups excluding carboxylic acids is 1. The first-order valence-corrected chi connectivity index (χ1v) is 6.32. The Balaban J connectivity index is 2.80. The van der Waals surface area contributed by atoms with Crippen LogP contribution in [0.2, 0.25) is 5.02 Å². The summed E-state index contributed by atoms with van der Waals surface area (Å²) in [6.07, 6.45) is 0.971. The Morgan fingerprint density at radius 1 is 1.37 bits per heavy atom. The van der Waals surface area contributed by atoms with Crippen LogP contribution in [0.5, 0.6) is 11.5 Å². The van der Waals surface area contributed by atoms with E-state index in [1.807, 2.05) is 6.92 Å². The summed E-state index contributed by atoms with van der Waals surface area (Å²) in [6, 6.07) is 3.22. The summed E-state index contributed by atoms with van der Waals surface area (Å²) in [5, 5.41) is 3.12. The number of anilines is 1. The Bertz CT molecular complexity index is 450. The van der Waals surface area contributed by atoms with Crippen molar-refractivity contribution in [2.45, 2.75) is 25.8 Å². The Morgan fingerprint density at radius 2 is 1.95 bits per heavy atom. The lowest BCUT2D eigenvalue weighted by molar-refractivity contribution is -0.116. The zero-order valence-electron chi connectivity index (χ0n) is 11.3. The fraction of sp³-hybridized carbons (Fsp3) is 0.462. The lowest BCUT2D eigenvalue weighted by Gasteiger charge is -2.13. The van der Waals surface area contributed by atoms with Crippen molar-refractivity contribution in [3.05, 3.63) is 17.2 Å². The number of benzene rings is 1. The molecular formula is C13H19ClN2O3. The maximum atomic E-state index is 11.7. The van der Waals surface area contributed by atoms with E-state index in [-0.39, 0.29) is 11.9 Å². The van der Waals surface area contributed by atoms with Gasteiger partial charge in [0.1, 0.15) is 0 Å². The molecular weight excluding hydrogens is 268 g/mol. The Hall–Kier alpha value is -1.46. The topological polar surface area (TPSA) is 73.6 Å². The second-order valence-electron chi connectivity index (χ2n) is 4.25. The molecule has 0 bridgehead atoms. The molecule has 0 aliphatic carbocycles. The van der Waals surface area contributed by atoms with Crippen molar-refractivity contribution in [1.29, 1.82) is 0 Å². The molecule has 1 rings (SSSR count). The SMILES string of the molecule is COc1cc(Cl)c(NC(=O)CCC(C)N)cc1OC. The van der Waals surface area contributed by atoms with Crippen LogP contribution in [-0.2, 0) is 4.79 Å². The molecule has 5 nitrogen and oxygen atoms in total.